The van der Waals surface area contributed by atoms with Gasteiger partial charge in [-0.2, -0.15) is 0 Å². The number of rotatable bonds is 15. The minimum absolute atomic E-state index is 0.101. The highest BCUT2D eigenvalue weighted by molar-refractivity contribution is 4.83. The molecule has 1 unspecified atom stereocenters. The highest BCUT2D eigenvalue weighted by atomic mass is 16.6. The van der Waals surface area contributed by atoms with Crippen LogP contribution in [0, 0.1) is 0 Å². The minimum Gasteiger partial charge on any atom is -0.394 e. The average Bonchev–Trinajstić information content (AvgIpc) is 2.44. The van der Waals surface area contributed by atoms with Crippen molar-refractivity contribution in [2.45, 2.75) is 38.8 Å². The monoisotopic (exact) mass is 307 g/mol. The van der Waals surface area contributed by atoms with Crippen LogP contribution in [0.15, 0.2) is 0 Å². The van der Waals surface area contributed by atoms with Gasteiger partial charge in [-0.1, -0.05) is 13.8 Å². The Kier molecular flexibility index (Phi) is 13.3. The Morgan fingerprint density at radius 1 is 0.905 bits per heavy atom. The quantitative estimate of drug-likeness (QED) is 0.437. The van der Waals surface area contributed by atoms with Crippen molar-refractivity contribution in [3.8, 4) is 0 Å². The summed E-state index contributed by atoms with van der Waals surface area (Å²) >= 11 is 0. The van der Waals surface area contributed by atoms with Crippen LogP contribution in [0.3, 0.4) is 0 Å². The Bertz CT molecular complexity index is 228. The SMILES string of the molecule is COCCOCCOCCOCCC(C)(CO)NC(C)C. The zero-order valence-corrected chi connectivity index (χ0v) is 14.0. The summed E-state index contributed by atoms with van der Waals surface area (Å²) < 4.78 is 21.0. The van der Waals surface area contributed by atoms with E-state index in [4.69, 9.17) is 18.9 Å². The predicted molar refractivity (Wildman–Crippen MR) is 82.7 cm³/mol. The van der Waals surface area contributed by atoms with Crippen molar-refractivity contribution < 1.29 is 24.1 Å². The maximum absolute atomic E-state index is 9.43. The summed E-state index contributed by atoms with van der Waals surface area (Å²) in [5, 5.41) is 12.8. The van der Waals surface area contributed by atoms with Crippen molar-refractivity contribution >= 4 is 0 Å². The van der Waals surface area contributed by atoms with Gasteiger partial charge in [0.25, 0.3) is 0 Å². The molecule has 0 aromatic heterocycles. The molecule has 0 aliphatic heterocycles. The lowest BCUT2D eigenvalue weighted by Gasteiger charge is -2.31. The van der Waals surface area contributed by atoms with Crippen LogP contribution in [0.25, 0.3) is 0 Å². The fraction of sp³-hybridized carbons (Fsp3) is 1.00. The van der Waals surface area contributed by atoms with Gasteiger partial charge >= 0.3 is 0 Å². The summed E-state index contributed by atoms with van der Waals surface area (Å²) in [6, 6.07) is 0.337. The fourth-order valence-corrected chi connectivity index (χ4v) is 1.88. The van der Waals surface area contributed by atoms with E-state index in [1.54, 1.807) is 7.11 Å². The van der Waals surface area contributed by atoms with Gasteiger partial charge < -0.3 is 29.4 Å². The molecule has 0 spiro atoms. The molecule has 6 nitrogen and oxygen atoms in total. The standard InChI is InChI=1S/C15H33NO5/c1-14(2)16-15(3,13-17)5-6-19-9-10-21-12-11-20-8-7-18-4/h14,16-17H,5-13H2,1-4H3. The van der Waals surface area contributed by atoms with Crippen LogP contribution < -0.4 is 5.32 Å². The summed E-state index contributed by atoms with van der Waals surface area (Å²) in [6.07, 6.45) is 0.766. The van der Waals surface area contributed by atoms with E-state index in [9.17, 15) is 5.11 Å². The number of nitrogens with one attached hydrogen (secondary N) is 1. The summed E-state index contributed by atoms with van der Waals surface area (Å²) in [6.45, 7) is 10.3. The molecular formula is C15H33NO5. The van der Waals surface area contributed by atoms with Crippen molar-refractivity contribution in [3.05, 3.63) is 0 Å². The average molecular weight is 307 g/mol. The number of hydrogen-bond acceptors (Lipinski definition) is 6. The molecule has 1 atom stereocenters. The highest BCUT2D eigenvalue weighted by Gasteiger charge is 2.23. The first-order valence-corrected chi connectivity index (χ1v) is 7.65. The van der Waals surface area contributed by atoms with E-state index in [1.165, 1.54) is 0 Å². The van der Waals surface area contributed by atoms with Crippen LogP contribution in [-0.4, -0.2) is 76.7 Å². The van der Waals surface area contributed by atoms with Crippen LogP contribution in [0.1, 0.15) is 27.2 Å². The molecule has 0 saturated carbocycles. The third kappa shape index (κ3) is 13.2. The lowest BCUT2D eigenvalue weighted by atomic mass is 9.98. The molecule has 0 aliphatic rings. The molecule has 0 rings (SSSR count). The zero-order chi connectivity index (χ0) is 16.0. The fourth-order valence-electron chi connectivity index (χ4n) is 1.88. The van der Waals surface area contributed by atoms with Gasteiger partial charge in [-0.3, -0.25) is 0 Å². The molecule has 6 heteroatoms. The number of ether oxygens (including phenoxy) is 4. The van der Waals surface area contributed by atoms with Crippen molar-refractivity contribution in [1.82, 2.24) is 5.32 Å². The third-order valence-electron chi connectivity index (χ3n) is 2.96. The Balaban J connectivity index is 3.38. The van der Waals surface area contributed by atoms with Crippen molar-refractivity contribution in [2.75, 3.05) is 60.0 Å². The van der Waals surface area contributed by atoms with Crippen LogP contribution in [0.4, 0.5) is 0 Å². The van der Waals surface area contributed by atoms with Gasteiger partial charge in [0, 0.05) is 25.3 Å². The maximum atomic E-state index is 9.43. The van der Waals surface area contributed by atoms with Crippen molar-refractivity contribution in [1.29, 1.82) is 0 Å². The largest absolute Gasteiger partial charge is 0.394 e. The number of aliphatic hydroxyl groups is 1. The molecule has 0 aromatic carbocycles. The van der Waals surface area contributed by atoms with Gasteiger partial charge in [-0.25, -0.2) is 0 Å². The van der Waals surface area contributed by atoms with E-state index in [2.05, 4.69) is 19.2 Å². The van der Waals surface area contributed by atoms with E-state index in [1.807, 2.05) is 6.92 Å². The predicted octanol–water partition coefficient (Wildman–Crippen LogP) is 0.822. The van der Waals surface area contributed by atoms with E-state index >= 15 is 0 Å². The van der Waals surface area contributed by atoms with Crippen LogP contribution in [-0.2, 0) is 18.9 Å². The van der Waals surface area contributed by atoms with Gasteiger partial charge in [-0.15, -0.1) is 0 Å². The van der Waals surface area contributed by atoms with Gasteiger partial charge in [0.2, 0.25) is 0 Å². The summed E-state index contributed by atoms with van der Waals surface area (Å²) in [4.78, 5) is 0. The minimum atomic E-state index is -0.287. The normalized spacial score (nSPS) is 14.6. The molecule has 0 amide bonds. The van der Waals surface area contributed by atoms with E-state index in [-0.39, 0.29) is 12.1 Å². The van der Waals surface area contributed by atoms with Gasteiger partial charge in [0.1, 0.15) is 0 Å². The molecule has 0 heterocycles. The van der Waals surface area contributed by atoms with Crippen LogP contribution in [0.5, 0.6) is 0 Å². The molecule has 0 radical (unpaired) electrons. The zero-order valence-electron chi connectivity index (χ0n) is 14.0. The number of aliphatic hydroxyl groups excluding tert-OH is 1. The first-order valence-electron chi connectivity index (χ1n) is 7.65. The Labute approximate surface area is 129 Å². The van der Waals surface area contributed by atoms with E-state index in [0.29, 0.717) is 52.3 Å². The topological polar surface area (TPSA) is 69.2 Å². The maximum Gasteiger partial charge on any atom is 0.0701 e. The molecule has 128 valence electrons. The molecule has 0 saturated heterocycles. The first-order chi connectivity index (χ1) is 10.0. The second-order valence-corrected chi connectivity index (χ2v) is 5.60. The molecule has 0 fully saturated rings. The molecular weight excluding hydrogens is 274 g/mol. The number of methoxy groups -OCH3 is 1. The van der Waals surface area contributed by atoms with Gasteiger partial charge in [0.15, 0.2) is 0 Å². The second-order valence-electron chi connectivity index (χ2n) is 5.60. The van der Waals surface area contributed by atoms with Crippen molar-refractivity contribution in [2.24, 2.45) is 0 Å². The van der Waals surface area contributed by atoms with Gasteiger partial charge in [-0.05, 0) is 13.3 Å². The number of hydrogen-bond donors (Lipinski definition) is 2. The van der Waals surface area contributed by atoms with E-state index < -0.39 is 0 Å². The van der Waals surface area contributed by atoms with Gasteiger partial charge in [0.05, 0.1) is 46.2 Å². The van der Waals surface area contributed by atoms with E-state index in [0.717, 1.165) is 6.42 Å². The van der Waals surface area contributed by atoms with Crippen molar-refractivity contribution in [3.63, 3.8) is 0 Å². The lowest BCUT2D eigenvalue weighted by Crippen LogP contribution is -2.49. The second kappa shape index (κ2) is 13.4. The molecule has 0 bridgehead atoms. The third-order valence-corrected chi connectivity index (χ3v) is 2.96. The Hall–Kier alpha value is -0.240. The smallest absolute Gasteiger partial charge is 0.0701 e. The summed E-state index contributed by atoms with van der Waals surface area (Å²) in [7, 11) is 1.65. The van der Waals surface area contributed by atoms with Crippen LogP contribution in [0.2, 0.25) is 0 Å². The molecule has 2 N–H and O–H groups in total. The highest BCUT2D eigenvalue weighted by Crippen LogP contribution is 2.10. The summed E-state index contributed by atoms with van der Waals surface area (Å²) in [5.74, 6) is 0. The molecule has 0 aromatic rings. The Morgan fingerprint density at radius 2 is 1.38 bits per heavy atom. The first kappa shape index (κ1) is 20.8. The lowest BCUT2D eigenvalue weighted by molar-refractivity contribution is -0.000452. The van der Waals surface area contributed by atoms with Crippen LogP contribution >= 0.6 is 0 Å². The Morgan fingerprint density at radius 3 is 1.81 bits per heavy atom. The molecule has 0 aliphatic carbocycles. The summed E-state index contributed by atoms with van der Waals surface area (Å²) in [5.41, 5.74) is -0.287. The molecule has 21 heavy (non-hydrogen) atoms.